The number of amides is 2. The van der Waals surface area contributed by atoms with Crippen LogP contribution < -0.4 is 5.32 Å². The lowest BCUT2D eigenvalue weighted by molar-refractivity contribution is -0.138. The molecule has 0 radical (unpaired) electrons. The first-order valence-electron chi connectivity index (χ1n) is 9.54. The lowest BCUT2D eigenvalue weighted by Gasteiger charge is -2.30. The van der Waals surface area contributed by atoms with Crippen molar-refractivity contribution in [2.75, 3.05) is 5.75 Å². The van der Waals surface area contributed by atoms with E-state index in [1.807, 2.05) is 13.8 Å². The number of hydrogen-bond acceptors (Lipinski definition) is 3. The SMILES string of the molecule is CC(C)NC(=O)[C@@H](C)N(Cc1c(Cl)cccc1Cl)C(=O)CSCc1ccc(F)cc1. The second kappa shape index (κ2) is 11.6. The van der Waals surface area contributed by atoms with E-state index in [4.69, 9.17) is 23.2 Å². The zero-order valence-corrected chi connectivity index (χ0v) is 19.5. The number of rotatable bonds is 9. The molecule has 0 spiro atoms. The van der Waals surface area contributed by atoms with E-state index >= 15 is 0 Å². The maximum Gasteiger partial charge on any atom is 0.242 e. The lowest BCUT2D eigenvalue weighted by atomic mass is 10.1. The molecule has 2 amide bonds. The highest BCUT2D eigenvalue weighted by molar-refractivity contribution is 7.99. The fourth-order valence-corrected chi connectivity index (χ4v) is 4.15. The first-order valence-corrected chi connectivity index (χ1v) is 11.4. The monoisotopic (exact) mass is 470 g/mol. The van der Waals surface area contributed by atoms with Crippen molar-refractivity contribution in [2.45, 2.75) is 45.2 Å². The fraction of sp³-hybridized carbons (Fsp3) is 0.364. The molecule has 0 aromatic heterocycles. The smallest absolute Gasteiger partial charge is 0.242 e. The molecule has 2 rings (SSSR count). The predicted molar refractivity (Wildman–Crippen MR) is 122 cm³/mol. The summed E-state index contributed by atoms with van der Waals surface area (Å²) >= 11 is 14.0. The van der Waals surface area contributed by atoms with Gasteiger partial charge < -0.3 is 10.2 Å². The average Bonchev–Trinajstić information content (AvgIpc) is 2.68. The van der Waals surface area contributed by atoms with Crippen molar-refractivity contribution in [3.05, 3.63) is 69.5 Å². The molecule has 2 aromatic rings. The van der Waals surface area contributed by atoms with Gasteiger partial charge in [-0.1, -0.05) is 41.4 Å². The van der Waals surface area contributed by atoms with Gasteiger partial charge in [0.05, 0.1) is 5.75 Å². The minimum atomic E-state index is -0.696. The van der Waals surface area contributed by atoms with E-state index in [0.29, 0.717) is 21.4 Å². The molecular formula is C22H25Cl2FN2O2S. The molecule has 0 fully saturated rings. The summed E-state index contributed by atoms with van der Waals surface area (Å²) in [6, 6.07) is 10.5. The largest absolute Gasteiger partial charge is 0.352 e. The number of hydrogen-bond donors (Lipinski definition) is 1. The highest BCUT2D eigenvalue weighted by Gasteiger charge is 2.27. The van der Waals surface area contributed by atoms with Gasteiger partial charge in [-0.3, -0.25) is 9.59 Å². The Balaban J connectivity index is 2.13. The van der Waals surface area contributed by atoms with Gasteiger partial charge in [0.1, 0.15) is 11.9 Å². The van der Waals surface area contributed by atoms with Gasteiger partial charge in [-0.2, -0.15) is 0 Å². The topological polar surface area (TPSA) is 49.4 Å². The molecule has 0 aliphatic heterocycles. The van der Waals surface area contributed by atoms with Crippen molar-refractivity contribution in [2.24, 2.45) is 0 Å². The molecule has 2 aromatic carbocycles. The summed E-state index contributed by atoms with van der Waals surface area (Å²) < 4.78 is 13.0. The van der Waals surface area contributed by atoms with E-state index in [1.165, 1.54) is 28.8 Å². The Bertz CT molecular complexity index is 858. The molecule has 0 aliphatic carbocycles. The van der Waals surface area contributed by atoms with Crippen molar-refractivity contribution >= 4 is 46.8 Å². The normalized spacial score (nSPS) is 12.0. The van der Waals surface area contributed by atoms with Crippen LogP contribution in [0.3, 0.4) is 0 Å². The zero-order valence-electron chi connectivity index (χ0n) is 17.1. The molecule has 0 bridgehead atoms. The van der Waals surface area contributed by atoms with Gasteiger partial charge in [-0.25, -0.2) is 4.39 Å². The Hall–Kier alpha value is -1.76. The second-order valence-corrected chi connectivity index (χ2v) is 8.98. The highest BCUT2D eigenvalue weighted by atomic mass is 35.5. The standard InChI is InChI=1S/C22H25Cl2FN2O2S/c1-14(2)26-22(29)15(3)27(11-18-19(23)5-4-6-20(18)24)21(28)13-30-12-16-7-9-17(25)10-8-16/h4-10,14-15H,11-13H2,1-3H3,(H,26,29)/t15-/m1/s1. The molecule has 0 aliphatic rings. The lowest BCUT2D eigenvalue weighted by Crippen LogP contribution is -2.49. The number of nitrogens with one attached hydrogen (secondary N) is 1. The van der Waals surface area contributed by atoms with Crippen molar-refractivity contribution in [1.82, 2.24) is 10.2 Å². The van der Waals surface area contributed by atoms with E-state index in [0.717, 1.165) is 5.56 Å². The third kappa shape index (κ3) is 7.18. The number of nitrogens with zero attached hydrogens (tertiary/aromatic N) is 1. The van der Waals surface area contributed by atoms with Crippen molar-refractivity contribution in [3.8, 4) is 0 Å². The first-order chi connectivity index (χ1) is 14.2. The molecule has 0 saturated heterocycles. The van der Waals surface area contributed by atoms with Gasteiger partial charge in [0.2, 0.25) is 11.8 Å². The molecule has 0 saturated carbocycles. The predicted octanol–water partition coefficient (Wildman–Crippen LogP) is 5.31. The summed E-state index contributed by atoms with van der Waals surface area (Å²) in [5, 5.41) is 3.72. The van der Waals surface area contributed by atoms with Crippen LogP contribution in [-0.4, -0.2) is 34.6 Å². The Morgan fingerprint density at radius 1 is 1.07 bits per heavy atom. The summed E-state index contributed by atoms with van der Waals surface area (Å²) in [5.74, 6) is -0.0277. The van der Waals surface area contributed by atoms with Gasteiger partial charge in [0.15, 0.2) is 0 Å². The number of carbonyl (C=O) groups excluding carboxylic acids is 2. The summed E-state index contributed by atoms with van der Waals surface area (Å²) in [7, 11) is 0. The molecule has 1 atom stereocenters. The Labute approximate surface area is 191 Å². The number of thioether (sulfide) groups is 1. The summed E-state index contributed by atoms with van der Waals surface area (Å²) in [4.78, 5) is 27.1. The third-order valence-electron chi connectivity index (χ3n) is 4.40. The molecule has 1 N–H and O–H groups in total. The van der Waals surface area contributed by atoms with Crippen LogP contribution in [0, 0.1) is 5.82 Å². The molecule has 162 valence electrons. The Morgan fingerprint density at radius 2 is 1.67 bits per heavy atom. The van der Waals surface area contributed by atoms with Crippen LogP contribution in [-0.2, 0) is 21.9 Å². The maximum atomic E-state index is 13.0. The molecular weight excluding hydrogens is 446 g/mol. The quantitative estimate of drug-likeness (QED) is 0.540. The summed E-state index contributed by atoms with van der Waals surface area (Å²) in [5.41, 5.74) is 1.52. The number of carbonyl (C=O) groups is 2. The third-order valence-corrected chi connectivity index (χ3v) is 6.09. The molecule has 30 heavy (non-hydrogen) atoms. The van der Waals surface area contributed by atoms with Crippen molar-refractivity contribution < 1.29 is 14.0 Å². The summed E-state index contributed by atoms with van der Waals surface area (Å²) in [6.45, 7) is 5.53. The van der Waals surface area contributed by atoms with E-state index in [-0.39, 0.29) is 36.0 Å². The molecule has 0 unspecified atom stereocenters. The molecule has 4 nitrogen and oxygen atoms in total. The maximum absolute atomic E-state index is 13.0. The van der Waals surface area contributed by atoms with Crippen LogP contribution in [0.4, 0.5) is 4.39 Å². The van der Waals surface area contributed by atoms with Gasteiger partial charge in [0, 0.05) is 33.9 Å². The van der Waals surface area contributed by atoms with E-state index < -0.39 is 6.04 Å². The highest BCUT2D eigenvalue weighted by Crippen LogP contribution is 2.27. The van der Waals surface area contributed by atoms with Gasteiger partial charge in [0.25, 0.3) is 0 Å². The molecule has 8 heteroatoms. The van der Waals surface area contributed by atoms with Gasteiger partial charge in [-0.15, -0.1) is 11.8 Å². The van der Waals surface area contributed by atoms with Crippen molar-refractivity contribution in [1.29, 1.82) is 0 Å². The van der Waals surface area contributed by atoms with Crippen LogP contribution in [0.1, 0.15) is 31.9 Å². The fourth-order valence-electron chi connectivity index (χ4n) is 2.76. The van der Waals surface area contributed by atoms with Gasteiger partial charge >= 0.3 is 0 Å². The van der Waals surface area contributed by atoms with E-state index in [2.05, 4.69) is 5.32 Å². The Morgan fingerprint density at radius 3 is 2.23 bits per heavy atom. The van der Waals surface area contributed by atoms with Crippen LogP contribution >= 0.6 is 35.0 Å². The van der Waals surface area contributed by atoms with Gasteiger partial charge in [-0.05, 0) is 50.6 Å². The van der Waals surface area contributed by atoms with Crippen LogP contribution in [0.2, 0.25) is 10.0 Å². The zero-order chi connectivity index (χ0) is 22.3. The summed E-state index contributed by atoms with van der Waals surface area (Å²) in [6.07, 6.45) is 0. The number of halogens is 3. The average molecular weight is 471 g/mol. The van der Waals surface area contributed by atoms with Crippen LogP contribution in [0.5, 0.6) is 0 Å². The number of benzene rings is 2. The van der Waals surface area contributed by atoms with Crippen molar-refractivity contribution in [3.63, 3.8) is 0 Å². The molecule has 0 heterocycles. The van der Waals surface area contributed by atoms with Crippen LogP contribution in [0.25, 0.3) is 0 Å². The minimum absolute atomic E-state index is 0.0475. The van der Waals surface area contributed by atoms with E-state index in [1.54, 1.807) is 37.3 Å². The van der Waals surface area contributed by atoms with Crippen LogP contribution in [0.15, 0.2) is 42.5 Å². The first kappa shape index (κ1) is 24.5. The van der Waals surface area contributed by atoms with E-state index in [9.17, 15) is 14.0 Å². The second-order valence-electron chi connectivity index (χ2n) is 7.18. The minimum Gasteiger partial charge on any atom is -0.352 e. The Kier molecular flexibility index (Phi) is 9.46.